The van der Waals surface area contributed by atoms with Crippen molar-refractivity contribution in [2.24, 2.45) is 5.92 Å². The van der Waals surface area contributed by atoms with Gasteiger partial charge >= 0.3 is 0 Å². The number of nitrogens with zero attached hydrogens (tertiary/aromatic N) is 3. The average molecular weight is 363 g/mol. The Morgan fingerprint density at radius 3 is 2.81 bits per heavy atom. The summed E-state index contributed by atoms with van der Waals surface area (Å²) in [4.78, 5) is 16.1. The van der Waals surface area contributed by atoms with Gasteiger partial charge < -0.3 is 15.0 Å². The minimum atomic E-state index is -0.275. The molecule has 4 aromatic rings. The van der Waals surface area contributed by atoms with Crippen LogP contribution in [0.2, 0.25) is 0 Å². The predicted octanol–water partition coefficient (Wildman–Crippen LogP) is 3.35. The number of carbonyl (C=O) groups is 1. The predicted molar refractivity (Wildman–Crippen MR) is 103 cm³/mol. The summed E-state index contributed by atoms with van der Waals surface area (Å²) in [7, 11) is 1.62. The molecule has 7 nitrogen and oxygen atoms in total. The van der Waals surface area contributed by atoms with Crippen molar-refractivity contribution in [3.63, 3.8) is 0 Å². The molecule has 1 amide bonds. The van der Waals surface area contributed by atoms with E-state index < -0.39 is 0 Å². The van der Waals surface area contributed by atoms with Crippen molar-refractivity contribution in [2.45, 2.75) is 19.9 Å². The Balaban J connectivity index is 1.67. The molecule has 0 fully saturated rings. The Labute approximate surface area is 156 Å². The number of hydrogen-bond donors (Lipinski definition) is 2. The maximum Gasteiger partial charge on any atom is 0.268 e. The Kier molecular flexibility index (Phi) is 4.27. The number of carbonyl (C=O) groups excluding carboxylic acids is 1. The quantitative estimate of drug-likeness (QED) is 0.569. The molecule has 0 aliphatic heterocycles. The van der Waals surface area contributed by atoms with E-state index in [1.54, 1.807) is 7.11 Å². The zero-order chi connectivity index (χ0) is 19.0. The molecule has 0 saturated heterocycles. The molecule has 27 heavy (non-hydrogen) atoms. The van der Waals surface area contributed by atoms with Gasteiger partial charge in [0.1, 0.15) is 11.4 Å². The third kappa shape index (κ3) is 3.01. The van der Waals surface area contributed by atoms with Crippen molar-refractivity contribution >= 4 is 22.5 Å². The highest BCUT2D eigenvalue weighted by atomic mass is 16.5. The highest BCUT2D eigenvalue weighted by Crippen LogP contribution is 2.27. The van der Waals surface area contributed by atoms with E-state index in [0.717, 1.165) is 22.3 Å². The number of H-pyrrole nitrogens is 1. The summed E-state index contributed by atoms with van der Waals surface area (Å²) < 4.78 is 7.28. The van der Waals surface area contributed by atoms with E-state index in [2.05, 4.69) is 20.5 Å². The number of benzene rings is 1. The molecule has 1 unspecified atom stereocenters. The number of fused-ring (bicyclic) bond motifs is 2. The fourth-order valence-corrected chi connectivity index (χ4v) is 3.25. The molecule has 4 rings (SSSR count). The van der Waals surface area contributed by atoms with Crippen LogP contribution in [0.5, 0.6) is 5.75 Å². The molecule has 1 aromatic carbocycles. The molecule has 0 aliphatic rings. The van der Waals surface area contributed by atoms with Crippen molar-refractivity contribution in [1.82, 2.24) is 24.9 Å². The lowest BCUT2D eigenvalue weighted by Crippen LogP contribution is -2.33. The molecular formula is C20H21N5O2. The molecule has 2 N–H and O–H groups in total. The van der Waals surface area contributed by atoms with Crippen molar-refractivity contribution in [1.29, 1.82) is 0 Å². The second kappa shape index (κ2) is 6.75. The van der Waals surface area contributed by atoms with Crippen LogP contribution in [0, 0.1) is 5.92 Å². The highest BCUT2D eigenvalue weighted by molar-refractivity contribution is 5.99. The van der Waals surface area contributed by atoms with Crippen LogP contribution >= 0.6 is 0 Å². The highest BCUT2D eigenvalue weighted by Gasteiger charge is 2.25. The van der Waals surface area contributed by atoms with E-state index in [-0.39, 0.29) is 17.9 Å². The molecule has 3 aromatic heterocycles. The maximum absolute atomic E-state index is 12.9. The van der Waals surface area contributed by atoms with Crippen molar-refractivity contribution in [3.8, 4) is 5.75 Å². The van der Waals surface area contributed by atoms with Crippen LogP contribution in [0.4, 0.5) is 0 Å². The van der Waals surface area contributed by atoms with Crippen LogP contribution in [-0.4, -0.2) is 32.6 Å². The fraction of sp³-hybridized carbons (Fsp3) is 0.250. The van der Waals surface area contributed by atoms with Gasteiger partial charge in [-0.1, -0.05) is 26.0 Å². The number of pyridine rings is 1. The Morgan fingerprint density at radius 1 is 1.19 bits per heavy atom. The van der Waals surface area contributed by atoms with Crippen LogP contribution in [-0.2, 0) is 0 Å². The number of aromatic nitrogens is 4. The lowest BCUT2D eigenvalue weighted by molar-refractivity contribution is 0.0918. The van der Waals surface area contributed by atoms with E-state index in [9.17, 15) is 4.79 Å². The molecule has 0 aliphatic carbocycles. The topological polar surface area (TPSA) is 84.3 Å². The third-order valence-electron chi connectivity index (χ3n) is 4.66. The van der Waals surface area contributed by atoms with Crippen molar-refractivity contribution in [3.05, 3.63) is 60.2 Å². The first-order chi connectivity index (χ1) is 13.1. The van der Waals surface area contributed by atoms with Gasteiger partial charge in [0.15, 0.2) is 11.5 Å². The summed E-state index contributed by atoms with van der Waals surface area (Å²) in [5.74, 6) is 1.38. The summed E-state index contributed by atoms with van der Waals surface area (Å²) in [6.07, 6.45) is 1.90. The minimum Gasteiger partial charge on any atom is -0.496 e. The minimum absolute atomic E-state index is 0.139. The first-order valence-electron chi connectivity index (χ1n) is 8.84. The van der Waals surface area contributed by atoms with E-state index in [1.165, 1.54) is 0 Å². The van der Waals surface area contributed by atoms with Gasteiger partial charge in [-0.3, -0.25) is 9.20 Å². The number of hydrogen-bond acceptors (Lipinski definition) is 4. The lowest BCUT2D eigenvalue weighted by Gasteiger charge is -2.20. The van der Waals surface area contributed by atoms with Crippen LogP contribution in [0.1, 0.15) is 36.2 Å². The summed E-state index contributed by atoms with van der Waals surface area (Å²) in [5.41, 5.74) is 2.09. The number of ether oxygens (including phenoxy) is 1. The van der Waals surface area contributed by atoms with Gasteiger partial charge in [-0.25, -0.2) is 0 Å². The smallest absolute Gasteiger partial charge is 0.268 e. The fourth-order valence-electron chi connectivity index (χ4n) is 3.25. The summed E-state index contributed by atoms with van der Waals surface area (Å²) in [6.45, 7) is 4.09. The van der Waals surface area contributed by atoms with Crippen LogP contribution in [0.15, 0.2) is 48.7 Å². The van der Waals surface area contributed by atoms with E-state index in [4.69, 9.17) is 4.74 Å². The third-order valence-corrected chi connectivity index (χ3v) is 4.66. The zero-order valence-electron chi connectivity index (χ0n) is 15.4. The Morgan fingerprint density at radius 2 is 2.04 bits per heavy atom. The van der Waals surface area contributed by atoms with Gasteiger partial charge in [-0.05, 0) is 36.2 Å². The van der Waals surface area contributed by atoms with Crippen molar-refractivity contribution in [2.75, 3.05) is 7.11 Å². The number of aromatic amines is 1. The van der Waals surface area contributed by atoms with Gasteiger partial charge in [0, 0.05) is 17.1 Å². The van der Waals surface area contributed by atoms with Gasteiger partial charge in [-0.15, -0.1) is 10.2 Å². The monoisotopic (exact) mass is 363 g/mol. The van der Waals surface area contributed by atoms with Gasteiger partial charge in [0.05, 0.1) is 13.2 Å². The van der Waals surface area contributed by atoms with Crippen molar-refractivity contribution < 1.29 is 9.53 Å². The standard InChI is InChI=1S/C20H21N5O2/c1-12(2)18(19-24-23-17-9-4-5-10-25(17)19)22-20(26)15-11-13-14(21-15)7-6-8-16(13)27-3/h4-12,18,21H,1-3H3,(H,22,26). The number of amides is 1. The number of rotatable bonds is 5. The lowest BCUT2D eigenvalue weighted by atomic mass is 10.0. The van der Waals surface area contributed by atoms with E-state index in [0.29, 0.717) is 11.5 Å². The molecule has 1 atom stereocenters. The number of methoxy groups -OCH3 is 1. The first kappa shape index (κ1) is 17.1. The summed E-state index contributed by atoms with van der Waals surface area (Å²) >= 11 is 0. The maximum atomic E-state index is 12.9. The summed E-state index contributed by atoms with van der Waals surface area (Å²) in [5, 5.41) is 12.5. The molecule has 3 heterocycles. The second-order valence-corrected chi connectivity index (χ2v) is 6.79. The Bertz CT molecular complexity index is 1110. The first-order valence-corrected chi connectivity index (χ1v) is 8.84. The van der Waals surface area contributed by atoms with Crippen LogP contribution < -0.4 is 10.1 Å². The molecule has 7 heteroatoms. The average Bonchev–Trinajstić information content (AvgIpc) is 3.29. The van der Waals surface area contributed by atoms with E-state index >= 15 is 0 Å². The van der Waals surface area contributed by atoms with Gasteiger partial charge in [0.2, 0.25) is 0 Å². The largest absolute Gasteiger partial charge is 0.496 e. The summed E-state index contributed by atoms with van der Waals surface area (Å²) in [6, 6.07) is 12.9. The molecular weight excluding hydrogens is 342 g/mol. The molecule has 138 valence electrons. The SMILES string of the molecule is COc1cccc2[nH]c(C(=O)NC(c3nnc4ccccn34)C(C)C)cc12. The number of nitrogens with one attached hydrogen (secondary N) is 2. The molecule has 0 radical (unpaired) electrons. The molecule has 0 bridgehead atoms. The van der Waals surface area contributed by atoms with Gasteiger partial charge in [-0.2, -0.15) is 0 Å². The van der Waals surface area contributed by atoms with Crippen LogP contribution in [0.25, 0.3) is 16.6 Å². The molecule has 0 saturated carbocycles. The Hall–Kier alpha value is -3.35. The van der Waals surface area contributed by atoms with E-state index in [1.807, 2.05) is 66.9 Å². The zero-order valence-corrected chi connectivity index (χ0v) is 15.4. The second-order valence-electron chi connectivity index (χ2n) is 6.79. The van der Waals surface area contributed by atoms with Gasteiger partial charge in [0.25, 0.3) is 5.91 Å². The normalized spacial score (nSPS) is 12.6. The van der Waals surface area contributed by atoms with Crippen LogP contribution in [0.3, 0.4) is 0 Å². The molecule has 0 spiro atoms.